The lowest BCUT2D eigenvalue weighted by Gasteiger charge is -2.20. The second-order valence-corrected chi connectivity index (χ2v) is 5.29. The van der Waals surface area contributed by atoms with Gasteiger partial charge in [0.2, 0.25) is 0 Å². The van der Waals surface area contributed by atoms with E-state index >= 15 is 0 Å². The van der Waals surface area contributed by atoms with E-state index in [0.717, 1.165) is 25.7 Å². The van der Waals surface area contributed by atoms with Crippen LogP contribution in [0.25, 0.3) is 0 Å². The van der Waals surface area contributed by atoms with Crippen LogP contribution in [0.5, 0.6) is 0 Å². The van der Waals surface area contributed by atoms with E-state index in [1.54, 1.807) is 18.2 Å². The quantitative estimate of drug-likeness (QED) is 0.794. The molecule has 1 aliphatic carbocycles. The summed E-state index contributed by atoms with van der Waals surface area (Å²) < 4.78 is 13.8. The Morgan fingerprint density at radius 3 is 2.82 bits per heavy atom. The molecule has 0 saturated heterocycles. The van der Waals surface area contributed by atoms with Gasteiger partial charge in [0.15, 0.2) is 0 Å². The van der Waals surface area contributed by atoms with Crippen molar-refractivity contribution in [2.45, 2.75) is 44.6 Å². The van der Waals surface area contributed by atoms with Crippen LogP contribution in [0.15, 0.2) is 18.2 Å². The second kappa shape index (κ2) is 5.83. The van der Waals surface area contributed by atoms with Gasteiger partial charge in [-0.3, -0.25) is 0 Å². The van der Waals surface area contributed by atoms with Gasteiger partial charge in [-0.05, 0) is 36.8 Å². The van der Waals surface area contributed by atoms with Gasteiger partial charge >= 0.3 is 0 Å². The topological polar surface area (TPSA) is 20.2 Å². The summed E-state index contributed by atoms with van der Waals surface area (Å²) in [6, 6.07) is 5.09. The minimum absolute atomic E-state index is 0.172. The lowest BCUT2D eigenvalue weighted by atomic mass is 9.90. The van der Waals surface area contributed by atoms with Crippen molar-refractivity contribution in [2.75, 3.05) is 0 Å². The Balaban J connectivity index is 2.10. The minimum atomic E-state index is -0.328. The van der Waals surface area contributed by atoms with Gasteiger partial charge in [0.25, 0.3) is 0 Å². The van der Waals surface area contributed by atoms with Crippen LogP contribution in [0.1, 0.15) is 37.7 Å². The summed E-state index contributed by atoms with van der Waals surface area (Å²) in [5.41, 5.74) is 0.628. The first-order valence-corrected chi connectivity index (χ1v) is 6.67. The third kappa shape index (κ3) is 3.20. The second-order valence-electron chi connectivity index (χ2n) is 4.88. The number of halogens is 2. The van der Waals surface area contributed by atoms with E-state index in [-0.39, 0.29) is 22.9 Å². The largest absolute Gasteiger partial charge is 0.393 e. The molecule has 2 rings (SSSR count). The van der Waals surface area contributed by atoms with E-state index in [2.05, 4.69) is 0 Å². The third-order valence-corrected chi connectivity index (χ3v) is 3.92. The van der Waals surface area contributed by atoms with Crippen LogP contribution in [-0.4, -0.2) is 11.2 Å². The van der Waals surface area contributed by atoms with Crippen molar-refractivity contribution in [2.24, 2.45) is 5.92 Å². The van der Waals surface area contributed by atoms with Crippen LogP contribution >= 0.6 is 11.6 Å². The first-order valence-electron chi connectivity index (χ1n) is 6.29. The lowest BCUT2D eigenvalue weighted by molar-refractivity contribution is 0.100. The third-order valence-electron chi connectivity index (χ3n) is 3.63. The smallest absolute Gasteiger partial charge is 0.144 e. The maximum absolute atomic E-state index is 13.8. The molecular formula is C14H18ClFO. The zero-order valence-corrected chi connectivity index (χ0v) is 10.6. The molecule has 2 unspecified atom stereocenters. The SMILES string of the molecule is OC1CCCCCC1Cc1cccc(Cl)c1F. The molecule has 94 valence electrons. The highest BCUT2D eigenvalue weighted by Crippen LogP contribution is 2.28. The molecule has 0 aromatic heterocycles. The molecule has 1 fully saturated rings. The maximum atomic E-state index is 13.8. The maximum Gasteiger partial charge on any atom is 0.144 e. The number of benzene rings is 1. The summed E-state index contributed by atoms with van der Waals surface area (Å²) in [5.74, 6) is -0.156. The van der Waals surface area contributed by atoms with Gasteiger partial charge in [0, 0.05) is 0 Å². The Bertz CT molecular complexity index is 380. The fourth-order valence-corrected chi connectivity index (χ4v) is 2.79. The molecule has 0 amide bonds. The number of rotatable bonds is 2. The van der Waals surface area contributed by atoms with Gasteiger partial charge in [-0.15, -0.1) is 0 Å². The fraction of sp³-hybridized carbons (Fsp3) is 0.571. The molecule has 1 N–H and O–H groups in total. The van der Waals surface area contributed by atoms with Crippen molar-refractivity contribution in [1.82, 2.24) is 0 Å². The summed E-state index contributed by atoms with van der Waals surface area (Å²) in [5, 5.41) is 10.2. The molecule has 1 saturated carbocycles. The fourth-order valence-electron chi connectivity index (χ4n) is 2.59. The van der Waals surface area contributed by atoms with Crippen LogP contribution in [0.3, 0.4) is 0 Å². The molecule has 1 nitrogen and oxygen atoms in total. The molecule has 1 aromatic carbocycles. The average molecular weight is 257 g/mol. The van der Waals surface area contributed by atoms with Crippen molar-refractivity contribution in [1.29, 1.82) is 0 Å². The zero-order chi connectivity index (χ0) is 12.3. The van der Waals surface area contributed by atoms with Gasteiger partial charge in [0.1, 0.15) is 5.82 Å². The highest BCUT2D eigenvalue weighted by Gasteiger charge is 2.23. The van der Waals surface area contributed by atoms with Crippen molar-refractivity contribution < 1.29 is 9.50 Å². The van der Waals surface area contributed by atoms with E-state index in [4.69, 9.17) is 11.6 Å². The Morgan fingerprint density at radius 2 is 2.00 bits per heavy atom. The molecule has 17 heavy (non-hydrogen) atoms. The molecular weight excluding hydrogens is 239 g/mol. The number of aliphatic hydroxyl groups excluding tert-OH is 1. The first kappa shape index (κ1) is 12.8. The van der Waals surface area contributed by atoms with Crippen LogP contribution in [-0.2, 0) is 6.42 Å². The Morgan fingerprint density at radius 1 is 1.24 bits per heavy atom. The predicted octanol–water partition coefficient (Wildman–Crippen LogP) is 3.96. The van der Waals surface area contributed by atoms with Gasteiger partial charge in [-0.25, -0.2) is 4.39 Å². The van der Waals surface area contributed by atoms with Crippen LogP contribution in [0.2, 0.25) is 5.02 Å². The van der Waals surface area contributed by atoms with Crippen LogP contribution in [0, 0.1) is 11.7 Å². The van der Waals surface area contributed by atoms with E-state index in [9.17, 15) is 9.50 Å². The molecule has 3 heteroatoms. The van der Waals surface area contributed by atoms with Crippen molar-refractivity contribution in [3.63, 3.8) is 0 Å². The summed E-state index contributed by atoms with van der Waals surface area (Å²) in [7, 11) is 0. The lowest BCUT2D eigenvalue weighted by Crippen LogP contribution is -2.21. The summed E-state index contributed by atoms with van der Waals surface area (Å²) >= 11 is 5.76. The zero-order valence-electron chi connectivity index (χ0n) is 9.83. The van der Waals surface area contributed by atoms with E-state index in [1.165, 1.54) is 6.42 Å². The van der Waals surface area contributed by atoms with Crippen molar-refractivity contribution in [3.05, 3.63) is 34.6 Å². The van der Waals surface area contributed by atoms with E-state index in [1.807, 2.05) is 0 Å². The Kier molecular flexibility index (Phi) is 4.41. The summed E-state index contributed by atoms with van der Waals surface area (Å²) in [4.78, 5) is 0. The predicted molar refractivity (Wildman–Crippen MR) is 67.7 cm³/mol. The molecule has 2 atom stereocenters. The van der Waals surface area contributed by atoms with Gasteiger partial charge in [-0.1, -0.05) is 43.0 Å². The van der Waals surface area contributed by atoms with E-state index < -0.39 is 0 Å². The first-order chi connectivity index (χ1) is 8.18. The Hall–Kier alpha value is -0.600. The number of aliphatic hydroxyl groups is 1. The monoisotopic (exact) mass is 256 g/mol. The molecule has 0 aliphatic heterocycles. The summed E-state index contributed by atoms with van der Waals surface area (Å²) in [6.45, 7) is 0. The molecule has 0 spiro atoms. The number of hydrogen-bond donors (Lipinski definition) is 1. The van der Waals surface area contributed by atoms with Crippen LogP contribution in [0.4, 0.5) is 4.39 Å². The molecule has 1 aromatic rings. The highest BCUT2D eigenvalue weighted by atomic mass is 35.5. The molecule has 1 aliphatic rings. The molecule has 0 radical (unpaired) electrons. The van der Waals surface area contributed by atoms with Gasteiger partial charge in [-0.2, -0.15) is 0 Å². The van der Waals surface area contributed by atoms with Crippen LogP contribution < -0.4 is 0 Å². The van der Waals surface area contributed by atoms with Crippen molar-refractivity contribution in [3.8, 4) is 0 Å². The normalized spacial score (nSPS) is 25.6. The Labute approximate surface area is 107 Å². The standard InChI is InChI=1S/C14H18ClFO/c15-12-7-4-6-11(14(12)16)9-10-5-2-1-3-8-13(10)17/h4,6-7,10,13,17H,1-3,5,8-9H2. The molecule has 0 bridgehead atoms. The minimum Gasteiger partial charge on any atom is -0.393 e. The average Bonchev–Trinajstić information content (AvgIpc) is 2.51. The van der Waals surface area contributed by atoms with Gasteiger partial charge in [0.05, 0.1) is 11.1 Å². The highest BCUT2D eigenvalue weighted by molar-refractivity contribution is 6.30. The van der Waals surface area contributed by atoms with E-state index in [0.29, 0.717) is 12.0 Å². The van der Waals surface area contributed by atoms with Gasteiger partial charge < -0.3 is 5.11 Å². The molecule has 0 heterocycles. The number of hydrogen-bond acceptors (Lipinski definition) is 1. The van der Waals surface area contributed by atoms with Crippen molar-refractivity contribution >= 4 is 11.6 Å². The summed E-state index contributed by atoms with van der Waals surface area (Å²) in [6.07, 6.45) is 5.49.